The molecule has 2 aliphatic rings. The number of hydrogen-bond donors (Lipinski definition) is 7. The van der Waals surface area contributed by atoms with Crippen LogP contribution in [-0.2, 0) is 14.2 Å². The molecule has 0 unspecified atom stereocenters. The van der Waals surface area contributed by atoms with Crippen molar-refractivity contribution in [2.24, 2.45) is 0 Å². The van der Waals surface area contributed by atoms with Gasteiger partial charge in [0.2, 0.25) is 6.29 Å². The zero-order valence-electron chi connectivity index (χ0n) is 16.8. The molecule has 2 aliphatic heterocycles. The van der Waals surface area contributed by atoms with Gasteiger partial charge in [-0.05, 0) is 6.07 Å². The van der Waals surface area contributed by atoms with Crippen LogP contribution in [0.25, 0.3) is 0 Å². The highest BCUT2D eigenvalue weighted by molar-refractivity contribution is 6.32. The highest BCUT2D eigenvalue weighted by atomic mass is 35.5. The third kappa shape index (κ3) is 5.52. The molecule has 0 saturated carbocycles. The zero-order chi connectivity index (χ0) is 24.4. The lowest BCUT2D eigenvalue weighted by molar-refractivity contribution is -0.384. The van der Waals surface area contributed by atoms with Gasteiger partial charge < -0.3 is 54.7 Å². The van der Waals surface area contributed by atoms with Crippen LogP contribution in [0.5, 0.6) is 5.75 Å². The molecule has 33 heavy (non-hydrogen) atoms. The van der Waals surface area contributed by atoms with Crippen LogP contribution in [0.2, 0.25) is 5.02 Å². The van der Waals surface area contributed by atoms with Crippen molar-refractivity contribution in [3.63, 3.8) is 0 Å². The maximum Gasteiger partial charge on any atom is 0.271 e. The molecular weight excluding hydrogens is 474 g/mol. The van der Waals surface area contributed by atoms with Gasteiger partial charge in [-0.25, -0.2) is 0 Å². The first-order chi connectivity index (χ1) is 15.5. The lowest BCUT2D eigenvalue weighted by Crippen LogP contribution is -2.62. The van der Waals surface area contributed by atoms with Gasteiger partial charge in [0.25, 0.3) is 5.69 Å². The molecule has 14 nitrogen and oxygen atoms in total. The zero-order valence-corrected chi connectivity index (χ0v) is 17.6. The second-order valence-electron chi connectivity index (χ2n) is 7.53. The molecule has 2 fully saturated rings. The van der Waals surface area contributed by atoms with Crippen molar-refractivity contribution in [3.05, 3.63) is 33.3 Å². The number of non-ortho nitro benzene ring substituents is 1. The number of ether oxygens (including phenoxy) is 4. The third-order valence-corrected chi connectivity index (χ3v) is 5.61. The van der Waals surface area contributed by atoms with E-state index in [9.17, 15) is 45.9 Å². The highest BCUT2D eigenvalue weighted by Gasteiger charge is 2.48. The van der Waals surface area contributed by atoms with Crippen molar-refractivity contribution in [2.45, 2.75) is 61.4 Å². The Morgan fingerprint density at radius 3 is 2.06 bits per heavy atom. The van der Waals surface area contributed by atoms with Crippen LogP contribution in [0.4, 0.5) is 5.69 Å². The molecule has 2 heterocycles. The van der Waals surface area contributed by atoms with Crippen LogP contribution in [0.3, 0.4) is 0 Å². The third-order valence-electron chi connectivity index (χ3n) is 5.31. The monoisotopic (exact) mass is 497 g/mol. The lowest BCUT2D eigenvalue weighted by Gasteiger charge is -2.42. The predicted octanol–water partition coefficient (Wildman–Crippen LogP) is -2.75. The smallest absolute Gasteiger partial charge is 0.271 e. The second kappa shape index (κ2) is 10.7. The molecule has 0 bridgehead atoms. The summed E-state index contributed by atoms with van der Waals surface area (Å²) in [7, 11) is 0. The Labute approximate surface area is 191 Å². The van der Waals surface area contributed by atoms with E-state index in [0.29, 0.717) is 0 Å². The molecule has 1 aromatic carbocycles. The molecule has 186 valence electrons. The van der Waals surface area contributed by atoms with E-state index < -0.39 is 79.5 Å². The second-order valence-corrected chi connectivity index (χ2v) is 7.94. The van der Waals surface area contributed by atoms with E-state index in [4.69, 9.17) is 30.5 Å². The van der Waals surface area contributed by atoms with Crippen molar-refractivity contribution in [1.82, 2.24) is 0 Å². The van der Waals surface area contributed by atoms with Gasteiger partial charge in [0.1, 0.15) is 54.6 Å². The quantitative estimate of drug-likeness (QED) is 0.150. The topological polar surface area (TPSA) is 222 Å². The van der Waals surface area contributed by atoms with Crippen molar-refractivity contribution in [1.29, 1.82) is 0 Å². The van der Waals surface area contributed by atoms with E-state index in [0.717, 1.165) is 18.2 Å². The molecule has 7 N–H and O–H groups in total. The number of benzene rings is 1. The van der Waals surface area contributed by atoms with Crippen LogP contribution >= 0.6 is 11.6 Å². The molecule has 15 heteroatoms. The number of halogens is 1. The molecule has 3 rings (SSSR count). The summed E-state index contributed by atoms with van der Waals surface area (Å²) in [5.41, 5.74) is -0.307. The van der Waals surface area contributed by atoms with Gasteiger partial charge in [-0.2, -0.15) is 0 Å². The maximum absolute atomic E-state index is 10.8. The fraction of sp³-hybridized carbons (Fsp3) is 0.667. The Bertz CT molecular complexity index is 829. The van der Waals surface area contributed by atoms with E-state index in [2.05, 4.69) is 0 Å². The normalized spacial score (nSPS) is 39.3. The summed E-state index contributed by atoms with van der Waals surface area (Å²) in [6.07, 6.45) is -15.8. The summed E-state index contributed by atoms with van der Waals surface area (Å²) in [4.78, 5) is 10.2. The first-order valence-electron chi connectivity index (χ1n) is 9.77. The average molecular weight is 498 g/mol. The van der Waals surface area contributed by atoms with Gasteiger partial charge in [-0.3, -0.25) is 10.1 Å². The standard InChI is InChI=1S/C18H24ClNO13/c19-7-3-6(20(28)29)1-2-8(7)31-18-16(27)14(25)12(23)10(33-18)5-30-17-15(26)13(24)11(22)9(4-21)32-17/h1-3,9-18,21-27H,4-5H2/t9-,10-,11+,12+,13+,14+,15-,16-,17+,18+/m1/s1. The van der Waals surface area contributed by atoms with Gasteiger partial charge in [-0.15, -0.1) is 0 Å². The first kappa shape index (κ1) is 25.9. The SMILES string of the molecule is O=[N+]([O-])c1ccc(O[C@H]2O[C@H](CO[C@H]3O[C@H](CO)[C@H](O)[C@H](O)[C@H]3O)[C@H](O)[C@H](O)[C@H]2O)c(Cl)c1. The fourth-order valence-corrected chi connectivity index (χ4v) is 3.59. The Morgan fingerprint density at radius 1 is 0.909 bits per heavy atom. The van der Waals surface area contributed by atoms with Gasteiger partial charge >= 0.3 is 0 Å². The summed E-state index contributed by atoms with van der Waals surface area (Å²) >= 11 is 5.96. The molecule has 0 spiro atoms. The minimum Gasteiger partial charge on any atom is -0.460 e. The predicted molar refractivity (Wildman–Crippen MR) is 105 cm³/mol. The van der Waals surface area contributed by atoms with Crippen molar-refractivity contribution in [3.8, 4) is 5.75 Å². The lowest BCUT2D eigenvalue weighted by atomic mass is 9.98. The Balaban J connectivity index is 1.67. The summed E-state index contributed by atoms with van der Waals surface area (Å²) in [6.45, 7) is -1.22. The Hall–Kier alpha value is -1.69. The van der Waals surface area contributed by atoms with E-state index in [1.54, 1.807) is 0 Å². The molecule has 1 aromatic rings. The van der Waals surface area contributed by atoms with Crippen LogP contribution in [0.1, 0.15) is 0 Å². The number of nitro groups is 1. The Morgan fingerprint density at radius 2 is 1.48 bits per heavy atom. The Kier molecular flexibility index (Phi) is 8.41. The van der Waals surface area contributed by atoms with Crippen molar-refractivity contribution < 1.29 is 59.6 Å². The summed E-state index contributed by atoms with van der Waals surface area (Å²) in [6, 6.07) is 3.27. The minimum atomic E-state index is -1.76. The largest absolute Gasteiger partial charge is 0.460 e. The molecule has 0 radical (unpaired) electrons. The summed E-state index contributed by atoms with van der Waals surface area (Å²) < 4.78 is 21.4. The molecule has 10 atom stereocenters. The van der Waals surface area contributed by atoms with Crippen LogP contribution in [0, 0.1) is 10.1 Å². The molecule has 2 saturated heterocycles. The van der Waals surface area contributed by atoms with E-state index in [1.807, 2.05) is 0 Å². The van der Waals surface area contributed by atoms with Crippen molar-refractivity contribution in [2.75, 3.05) is 13.2 Å². The van der Waals surface area contributed by atoms with Gasteiger partial charge in [0.15, 0.2) is 6.29 Å². The maximum atomic E-state index is 10.8. The number of aliphatic hydroxyl groups is 7. The highest BCUT2D eigenvalue weighted by Crippen LogP contribution is 2.32. The number of nitro benzene ring substituents is 1. The first-order valence-corrected chi connectivity index (χ1v) is 10.1. The fourth-order valence-electron chi connectivity index (χ4n) is 3.37. The molecular formula is C18H24ClNO13. The van der Waals surface area contributed by atoms with Gasteiger partial charge in [-0.1, -0.05) is 11.6 Å². The summed E-state index contributed by atoms with van der Waals surface area (Å²) in [5.74, 6) is -0.108. The molecule has 0 amide bonds. The van der Waals surface area contributed by atoms with E-state index in [-0.39, 0.29) is 16.5 Å². The minimum absolute atomic E-state index is 0.108. The van der Waals surface area contributed by atoms with Crippen LogP contribution in [-0.4, -0.2) is 115 Å². The van der Waals surface area contributed by atoms with E-state index >= 15 is 0 Å². The molecule has 0 aliphatic carbocycles. The number of aliphatic hydroxyl groups excluding tert-OH is 7. The average Bonchev–Trinajstić information content (AvgIpc) is 2.79. The molecule has 0 aromatic heterocycles. The number of hydrogen-bond acceptors (Lipinski definition) is 13. The van der Waals surface area contributed by atoms with Crippen LogP contribution in [0.15, 0.2) is 18.2 Å². The van der Waals surface area contributed by atoms with Gasteiger partial charge in [0.05, 0.1) is 23.2 Å². The van der Waals surface area contributed by atoms with E-state index in [1.165, 1.54) is 0 Å². The number of rotatable bonds is 7. The van der Waals surface area contributed by atoms with Crippen molar-refractivity contribution >= 4 is 17.3 Å². The van der Waals surface area contributed by atoms with Gasteiger partial charge in [0, 0.05) is 12.1 Å². The summed E-state index contributed by atoms with van der Waals surface area (Å²) in [5, 5.41) is 80.1. The number of nitrogens with zero attached hydrogens (tertiary/aromatic N) is 1. The van der Waals surface area contributed by atoms with Crippen LogP contribution < -0.4 is 4.74 Å².